The van der Waals surface area contributed by atoms with E-state index >= 15 is 0 Å². The molecule has 1 N–H and O–H groups in total. The largest absolute Gasteiger partial charge is 0.374 e. The summed E-state index contributed by atoms with van der Waals surface area (Å²) in [4.78, 5) is 22.2. The minimum atomic E-state index is -0.351. The molecule has 1 aliphatic carbocycles. The van der Waals surface area contributed by atoms with E-state index in [4.69, 9.17) is 4.74 Å². The number of nitrogens with one attached hydrogen (secondary N) is 1. The Morgan fingerprint density at radius 1 is 1.40 bits per heavy atom. The number of hydrogen-bond donors (Lipinski definition) is 1. The predicted octanol–water partition coefficient (Wildman–Crippen LogP) is 1.77. The molecule has 3 heterocycles. The van der Waals surface area contributed by atoms with Crippen molar-refractivity contribution in [2.45, 2.75) is 19.4 Å². The first kappa shape index (κ1) is 19.3. The Bertz CT molecular complexity index is 1050. The van der Waals surface area contributed by atoms with Gasteiger partial charge in [0, 0.05) is 55.4 Å². The Balaban J connectivity index is 1.34. The molecule has 1 aromatic carbocycles. The molecule has 156 valence electrons. The number of benzene rings is 1. The van der Waals surface area contributed by atoms with Crippen LogP contribution in [0.2, 0.25) is 0 Å². The highest BCUT2D eigenvalue weighted by molar-refractivity contribution is 5.97. The van der Waals surface area contributed by atoms with Gasteiger partial charge in [-0.1, -0.05) is 6.92 Å². The van der Waals surface area contributed by atoms with Crippen LogP contribution in [-0.2, 0) is 9.53 Å². The fourth-order valence-corrected chi connectivity index (χ4v) is 5.36. The highest BCUT2D eigenvalue weighted by Gasteiger charge is 2.73. The molecule has 3 fully saturated rings. The number of hydrogen-bond acceptors (Lipinski definition) is 6. The summed E-state index contributed by atoms with van der Waals surface area (Å²) in [6.07, 6.45) is 2.69. The third-order valence-electron chi connectivity index (χ3n) is 7.20. The van der Waals surface area contributed by atoms with Crippen LogP contribution >= 0.6 is 0 Å². The number of rotatable bonds is 4. The average Bonchev–Trinajstić information content (AvgIpc) is 3.23. The Morgan fingerprint density at radius 3 is 3.07 bits per heavy atom. The first-order valence-corrected chi connectivity index (χ1v) is 10.6. The van der Waals surface area contributed by atoms with Crippen LogP contribution < -0.4 is 10.2 Å². The second kappa shape index (κ2) is 6.93. The van der Waals surface area contributed by atoms with Crippen LogP contribution in [0.3, 0.4) is 0 Å². The molecule has 7 nitrogen and oxygen atoms in total. The van der Waals surface area contributed by atoms with Crippen molar-refractivity contribution in [1.29, 1.82) is 5.26 Å². The zero-order valence-electron chi connectivity index (χ0n) is 17.5. The van der Waals surface area contributed by atoms with Gasteiger partial charge in [0.15, 0.2) is 0 Å². The van der Waals surface area contributed by atoms with Crippen molar-refractivity contribution < 1.29 is 9.53 Å². The summed E-state index contributed by atoms with van der Waals surface area (Å²) in [5.74, 6) is 0.139. The van der Waals surface area contributed by atoms with Crippen LogP contribution in [0.5, 0.6) is 0 Å². The van der Waals surface area contributed by atoms with E-state index in [0.717, 1.165) is 42.6 Å². The fraction of sp³-hybridized carbons (Fsp3) is 0.522. The van der Waals surface area contributed by atoms with Crippen molar-refractivity contribution in [3.63, 3.8) is 0 Å². The van der Waals surface area contributed by atoms with Crippen molar-refractivity contribution in [2.75, 3.05) is 51.3 Å². The van der Waals surface area contributed by atoms with E-state index in [1.807, 2.05) is 24.3 Å². The molecular formula is C23H27N5O2. The fourth-order valence-electron chi connectivity index (χ4n) is 5.36. The normalized spacial score (nSPS) is 30.7. The molecule has 1 aromatic heterocycles. The maximum absolute atomic E-state index is 13.2. The molecular weight excluding hydrogens is 378 g/mol. The topological polar surface area (TPSA) is 81.5 Å². The van der Waals surface area contributed by atoms with Gasteiger partial charge in [-0.05, 0) is 37.7 Å². The van der Waals surface area contributed by atoms with E-state index in [-0.39, 0.29) is 22.8 Å². The second-order valence-electron chi connectivity index (χ2n) is 9.28. The summed E-state index contributed by atoms with van der Waals surface area (Å²) < 4.78 is 5.79. The van der Waals surface area contributed by atoms with Crippen molar-refractivity contribution in [3.8, 4) is 6.07 Å². The Hall–Kier alpha value is -2.69. The van der Waals surface area contributed by atoms with Gasteiger partial charge in [-0.3, -0.25) is 9.78 Å². The van der Waals surface area contributed by atoms with E-state index in [1.165, 1.54) is 0 Å². The lowest BCUT2D eigenvalue weighted by Crippen LogP contribution is -2.48. The average molecular weight is 406 g/mol. The number of carbonyl (C=O) groups excluding carboxylic acids is 1. The molecule has 1 saturated carbocycles. The highest BCUT2D eigenvalue weighted by Crippen LogP contribution is 2.68. The smallest absolute Gasteiger partial charge is 0.228 e. The number of nitriles is 1. The van der Waals surface area contributed by atoms with E-state index in [0.29, 0.717) is 25.3 Å². The molecule has 0 bridgehead atoms. The quantitative estimate of drug-likeness (QED) is 0.835. The molecule has 2 saturated heterocycles. The van der Waals surface area contributed by atoms with Gasteiger partial charge in [0.1, 0.15) is 6.07 Å². The number of fused-ring (bicyclic) bond motifs is 2. The van der Waals surface area contributed by atoms with Crippen molar-refractivity contribution in [1.82, 2.24) is 15.2 Å². The molecule has 3 aliphatic rings. The van der Waals surface area contributed by atoms with Gasteiger partial charge < -0.3 is 19.9 Å². The number of piperidine rings is 1. The number of nitrogens with zero attached hydrogens (tertiary/aromatic N) is 4. The maximum Gasteiger partial charge on any atom is 0.228 e. The monoisotopic (exact) mass is 405 g/mol. The number of likely N-dealkylation sites (N-methyl/N-ethyl adjacent to an activating group) is 1. The molecule has 5 rings (SSSR count). The van der Waals surface area contributed by atoms with Crippen molar-refractivity contribution >= 4 is 22.5 Å². The van der Waals surface area contributed by atoms with Crippen LogP contribution in [-0.4, -0.2) is 68.3 Å². The third-order valence-corrected chi connectivity index (χ3v) is 7.20. The highest BCUT2D eigenvalue weighted by atomic mass is 16.5. The van der Waals surface area contributed by atoms with Gasteiger partial charge in [-0.15, -0.1) is 0 Å². The Labute approximate surface area is 176 Å². The number of ether oxygens (including phenoxy) is 1. The number of carbonyl (C=O) groups is 1. The first-order chi connectivity index (χ1) is 14.5. The molecule has 0 radical (unpaired) electrons. The molecule has 3 atom stereocenters. The summed E-state index contributed by atoms with van der Waals surface area (Å²) in [6.45, 7) is 6.80. The summed E-state index contributed by atoms with van der Waals surface area (Å²) in [5.41, 5.74) is 1.98. The van der Waals surface area contributed by atoms with Crippen molar-refractivity contribution in [3.05, 3.63) is 36.0 Å². The molecule has 0 spiro atoms. The molecule has 30 heavy (non-hydrogen) atoms. The molecule has 2 aliphatic heterocycles. The van der Waals surface area contributed by atoms with Crippen LogP contribution in [0.15, 0.2) is 30.5 Å². The second-order valence-corrected chi connectivity index (χ2v) is 9.28. The molecule has 3 unspecified atom stereocenters. The molecule has 2 aromatic rings. The van der Waals surface area contributed by atoms with E-state index in [2.05, 4.69) is 40.1 Å². The minimum Gasteiger partial charge on any atom is -0.374 e. The van der Waals surface area contributed by atoms with Gasteiger partial charge in [0.05, 0.1) is 29.2 Å². The summed E-state index contributed by atoms with van der Waals surface area (Å²) in [5, 5.41) is 13.6. The van der Waals surface area contributed by atoms with Gasteiger partial charge in [0.2, 0.25) is 5.91 Å². The predicted molar refractivity (Wildman–Crippen MR) is 114 cm³/mol. The number of morpholine rings is 1. The zero-order chi connectivity index (χ0) is 20.9. The minimum absolute atomic E-state index is 0.0241. The molecule has 1 amide bonds. The lowest BCUT2D eigenvalue weighted by molar-refractivity contribution is -0.127. The number of aromatic nitrogens is 1. The molecule has 7 heteroatoms. The Kier molecular flexibility index (Phi) is 4.46. The number of anilines is 1. The third kappa shape index (κ3) is 2.94. The maximum atomic E-state index is 13.2. The summed E-state index contributed by atoms with van der Waals surface area (Å²) in [7, 11) is 2.08. The van der Waals surface area contributed by atoms with Crippen LogP contribution in [0, 0.1) is 22.2 Å². The van der Waals surface area contributed by atoms with E-state index < -0.39 is 0 Å². The lowest BCUT2D eigenvalue weighted by atomic mass is 9.97. The number of amides is 1. The summed E-state index contributed by atoms with van der Waals surface area (Å²) in [6, 6.07) is 9.96. The Morgan fingerprint density at radius 2 is 2.27 bits per heavy atom. The zero-order valence-corrected chi connectivity index (χ0v) is 17.5. The van der Waals surface area contributed by atoms with Gasteiger partial charge in [-0.25, -0.2) is 0 Å². The first-order valence-electron chi connectivity index (χ1n) is 10.6. The van der Waals surface area contributed by atoms with Crippen molar-refractivity contribution in [2.24, 2.45) is 10.8 Å². The van der Waals surface area contributed by atoms with Gasteiger partial charge >= 0.3 is 0 Å². The van der Waals surface area contributed by atoms with Gasteiger partial charge in [0.25, 0.3) is 0 Å². The van der Waals surface area contributed by atoms with Crippen LogP contribution in [0.25, 0.3) is 10.9 Å². The van der Waals surface area contributed by atoms with E-state index in [9.17, 15) is 10.1 Å². The van der Waals surface area contributed by atoms with Crippen LogP contribution in [0.4, 0.5) is 5.69 Å². The lowest BCUT2D eigenvalue weighted by Gasteiger charge is -2.30. The number of pyridine rings is 1. The standard InChI is InChI=1S/C23H27N5O2/c1-22-13-23(22,21(29)26-11-17-12-27(2)8-9-30-17)15-28(14-22)19-6-5-16(10-24)20-18(19)4-3-7-25-20/h3-7,17H,8-9,11-15H2,1-2H3,(H,26,29). The van der Waals surface area contributed by atoms with Gasteiger partial charge in [-0.2, -0.15) is 5.26 Å². The van der Waals surface area contributed by atoms with Crippen LogP contribution in [0.1, 0.15) is 18.9 Å². The van der Waals surface area contributed by atoms with E-state index in [1.54, 1.807) is 6.20 Å². The SMILES string of the molecule is CN1CCOC(CNC(=O)C23CN(c4ccc(C#N)c5ncccc45)CC2(C)C3)C1. The summed E-state index contributed by atoms with van der Waals surface area (Å²) >= 11 is 0.